The lowest BCUT2D eigenvalue weighted by atomic mass is 10.0. The van der Waals surface area contributed by atoms with E-state index in [1.165, 1.54) is 24.3 Å². The van der Waals surface area contributed by atoms with Crippen LogP contribution in [0, 0.1) is 6.92 Å². The zero-order chi connectivity index (χ0) is 26.7. The third-order valence-corrected chi connectivity index (χ3v) is 6.99. The van der Waals surface area contributed by atoms with E-state index in [9.17, 15) is 26.2 Å². The van der Waals surface area contributed by atoms with Crippen LogP contribution in [0.4, 0.5) is 11.4 Å². The Hall–Kier alpha value is -3.26. The molecule has 0 saturated carbocycles. The van der Waals surface area contributed by atoms with Crippen molar-refractivity contribution in [2.75, 3.05) is 35.4 Å². The molecule has 36 heavy (non-hydrogen) atoms. The van der Waals surface area contributed by atoms with Gasteiger partial charge in [0.15, 0.2) is 0 Å². The van der Waals surface area contributed by atoms with E-state index in [2.05, 4.69) is 5.10 Å². The first-order chi connectivity index (χ1) is 16.8. The lowest BCUT2D eigenvalue weighted by molar-refractivity contribution is -0.114. The molecule has 2 aromatic rings. The number of carbonyl (C=O) groups is 1. The Morgan fingerprint density at radius 1 is 1.06 bits per heavy atom. The number of hydrogen-bond donors (Lipinski definition) is 2. The molecule has 1 heterocycles. The number of anilines is 2. The number of hydrogen-bond acceptors (Lipinski definition) is 8. The molecule has 13 heteroatoms. The minimum absolute atomic E-state index is 0.105. The molecule has 194 valence electrons. The van der Waals surface area contributed by atoms with Crippen LogP contribution in [-0.2, 0) is 29.8 Å². The van der Waals surface area contributed by atoms with Crippen LogP contribution in [0.2, 0.25) is 0 Å². The number of ether oxygens (including phenoxy) is 1. The molecule has 3 rings (SSSR count). The first kappa shape index (κ1) is 27.3. The molecule has 0 bridgehead atoms. The number of hydrazone groups is 1. The maximum atomic E-state index is 13.2. The number of aryl methyl sites for hydroxylation is 1. The molecule has 0 atom stereocenters. The second-order valence-electron chi connectivity index (χ2n) is 7.89. The van der Waals surface area contributed by atoms with Crippen LogP contribution in [0.1, 0.15) is 25.0 Å². The molecule has 0 aromatic heterocycles. The van der Waals surface area contributed by atoms with Crippen molar-refractivity contribution in [2.45, 2.75) is 25.7 Å². The first-order valence-electron chi connectivity index (χ1n) is 11.0. The van der Waals surface area contributed by atoms with Gasteiger partial charge in [-0.1, -0.05) is 6.07 Å². The zero-order valence-electron chi connectivity index (χ0n) is 19.9. The molecule has 2 aromatic carbocycles. The van der Waals surface area contributed by atoms with Gasteiger partial charge in [0.2, 0.25) is 5.90 Å². The first-order valence-corrected chi connectivity index (χ1v) is 14.0. The monoisotopic (exact) mass is 537 g/mol. The largest absolute Gasteiger partial charge is 0.476 e. The van der Waals surface area contributed by atoms with Gasteiger partial charge in [-0.25, -0.2) is 0 Å². The fraction of sp³-hybridized carbons (Fsp3) is 0.304. The smallest absolute Gasteiger partial charge is 0.294 e. The Bertz CT molecular complexity index is 1420. The highest BCUT2D eigenvalue weighted by molar-refractivity contribution is 7.86. The van der Waals surface area contributed by atoms with Crippen molar-refractivity contribution in [1.29, 1.82) is 0 Å². The third-order valence-electron chi connectivity index (χ3n) is 5.42. The molecule has 0 unspecified atom stereocenters. The molecule has 11 nitrogen and oxygen atoms in total. The van der Waals surface area contributed by atoms with Crippen LogP contribution in [0.5, 0.6) is 0 Å². The summed E-state index contributed by atoms with van der Waals surface area (Å²) in [5.41, 5.74) is 2.77. The van der Waals surface area contributed by atoms with Gasteiger partial charge in [-0.05, 0) is 74.4 Å². The molecule has 0 aliphatic carbocycles. The topological polar surface area (TPSA) is 154 Å². The molecular weight excluding hydrogens is 510 g/mol. The molecule has 0 spiro atoms. The van der Waals surface area contributed by atoms with Gasteiger partial charge in [0.25, 0.3) is 26.1 Å². The van der Waals surface area contributed by atoms with Crippen LogP contribution in [0.15, 0.2) is 58.0 Å². The minimum atomic E-state index is -4.38. The highest BCUT2D eigenvalue weighted by Crippen LogP contribution is 2.28. The molecule has 0 saturated heterocycles. The number of carbonyl (C=O) groups excluding carboxylic acids is 1. The van der Waals surface area contributed by atoms with Gasteiger partial charge in [0, 0.05) is 18.8 Å². The Kier molecular flexibility index (Phi) is 8.19. The van der Waals surface area contributed by atoms with E-state index in [0.29, 0.717) is 12.1 Å². The summed E-state index contributed by atoms with van der Waals surface area (Å²) in [6, 6.07) is 10.5. The van der Waals surface area contributed by atoms with Crippen molar-refractivity contribution in [3.63, 3.8) is 0 Å². The van der Waals surface area contributed by atoms with Gasteiger partial charge in [-0.15, -0.1) is 5.10 Å². The van der Waals surface area contributed by atoms with Crippen LogP contribution in [0.3, 0.4) is 0 Å². The van der Waals surface area contributed by atoms with Crippen molar-refractivity contribution in [1.82, 2.24) is 0 Å². The molecule has 0 radical (unpaired) electrons. The lowest BCUT2D eigenvalue weighted by Gasteiger charge is -2.23. The SMILES string of the molecule is CCOC1=NN(c2ccc(S(=O)(=O)O)cc2)C(=O)/C1=C\c1ccc(N(CC)CCS(=O)(=O)O)cc1C. The van der Waals surface area contributed by atoms with Crippen molar-refractivity contribution in [3.8, 4) is 0 Å². The van der Waals surface area contributed by atoms with E-state index in [4.69, 9.17) is 9.29 Å². The molecular formula is C23H27N3O8S2. The highest BCUT2D eigenvalue weighted by atomic mass is 32.2. The Morgan fingerprint density at radius 2 is 1.72 bits per heavy atom. The average molecular weight is 538 g/mol. The van der Waals surface area contributed by atoms with Gasteiger partial charge in [0.1, 0.15) is 5.57 Å². The lowest BCUT2D eigenvalue weighted by Crippen LogP contribution is -2.29. The van der Waals surface area contributed by atoms with Crippen LogP contribution in [0.25, 0.3) is 6.08 Å². The van der Waals surface area contributed by atoms with Gasteiger partial charge in [-0.2, -0.15) is 21.8 Å². The van der Waals surface area contributed by atoms with Gasteiger partial charge >= 0.3 is 0 Å². The quantitative estimate of drug-likeness (QED) is 0.363. The number of rotatable bonds is 9. The summed E-state index contributed by atoms with van der Waals surface area (Å²) in [4.78, 5) is 14.7. The summed E-state index contributed by atoms with van der Waals surface area (Å²) in [7, 11) is -8.47. The van der Waals surface area contributed by atoms with Gasteiger partial charge < -0.3 is 9.64 Å². The Morgan fingerprint density at radius 3 is 2.25 bits per heavy atom. The van der Waals surface area contributed by atoms with Crippen LogP contribution < -0.4 is 9.91 Å². The van der Waals surface area contributed by atoms with E-state index in [0.717, 1.165) is 16.3 Å². The fourth-order valence-electron chi connectivity index (χ4n) is 3.57. The summed E-state index contributed by atoms with van der Waals surface area (Å²) in [5.74, 6) is -0.770. The predicted octanol–water partition coefficient (Wildman–Crippen LogP) is 2.74. The van der Waals surface area contributed by atoms with E-state index >= 15 is 0 Å². The van der Waals surface area contributed by atoms with E-state index < -0.39 is 31.9 Å². The number of benzene rings is 2. The highest BCUT2D eigenvalue weighted by Gasteiger charge is 2.33. The van der Waals surface area contributed by atoms with Gasteiger partial charge in [0.05, 0.1) is 22.9 Å². The van der Waals surface area contributed by atoms with Crippen molar-refractivity contribution < 1.29 is 35.5 Å². The summed E-state index contributed by atoms with van der Waals surface area (Å²) in [6.45, 7) is 6.38. The second-order valence-corrected chi connectivity index (χ2v) is 10.9. The van der Waals surface area contributed by atoms with Crippen molar-refractivity contribution in [2.24, 2.45) is 5.10 Å². The van der Waals surface area contributed by atoms with Crippen molar-refractivity contribution >= 4 is 49.5 Å². The summed E-state index contributed by atoms with van der Waals surface area (Å²) in [5, 5.41) is 5.33. The van der Waals surface area contributed by atoms with E-state index in [1.54, 1.807) is 25.1 Å². The van der Waals surface area contributed by atoms with Gasteiger partial charge in [-0.3, -0.25) is 13.9 Å². The maximum absolute atomic E-state index is 13.2. The summed E-state index contributed by atoms with van der Waals surface area (Å²) in [6.07, 6.45) is 1.64. The summed E-state index contributed by atoms with van der Waals surface area (Å²) < 4.78 is 68.6. The number of nitrogens with zero attached hydrogens (tertiary/aromatic N) is 3. The third kappa shape index (κ3) is 6.49. The average Bonchev–Trinajstić information content (AvgIpc) is 3.10. The number of amides is 1. The van der Waals surface area contributed by atoms with Crippen molar-refractivity contribution in [3.05, 3.63) is 59.2 Å². The minimum Gasteiger partial charge on any atom is -0.476 e. The zero-order valence-corrected chi connectivity index (χ0v) is 21.6. The second kappa shape index (κ2) is 10.8. The predicted molar refractivity (Wildman–Crippen MR) is 136 cm³/mol. The molecule has 1 aliphatic rings. The van der Waals surface area contributed by atoms with E-state index in [-0.39, 0.29) is 35.2 Å². The standard InChI is InChI=1S/C23H27N3O8S2/c1-4-25(12-13-35(28,29)30)19-7-6-17(16(3)14-19)15-21-22(34-5-2)24-26(23(21)27)18-8-10-20(11-9-18)36(31,32)33/h6-11,14-15H,4-5,12-13H2,1-3H3,(H,28,29,30)(H,31,32,33)/b21-15-. The van der Waals surface area contributed by atoms with E-state index in [1.807, 2.05) is 24.8 Å². The molecule has 0 fully saturated rings. The fourth-order valence-corrected chi connectivity index (χ4v) is 4.50. The molecule has 1 aliphatic heterocycles. The van der Waals surface area contributed by atoms with Crippen LogP contribution in [-0.4, -0.2) is 63.2 Å². The molecule has 1 amide bonds. The summed E-state index contributed by atoms with van der Waals surface area (Å²) >= 11 is 0. The Balaban J connectivity index is 1.91. The Labute approximate surface area is 210 Å². The normalized spacial score (nSPS) is 15.4. The molecule has 2 N–H and O–H groups in total. The van der Waals surface area contributed by atoms with Crippen LogP contribution >= 0.6 is 0 Å². The maximum Gasteiger partial charge on any atom is 0.294 e.